The van der Waals surface area contributed by atoms with Crippen LogP contribution in [0.2, 0.25) is 5.02 Å². The number of benzene rings is 1. The van der Waals surface area contributed by atoms with E-state index in [0.717, 1.165) is 18.4 Å². The molecule has 118 valence electrons. The van der Waals surface area contributed by atoms with Crippen molar-refractivity contribution in [2.45, 2.75) is 38.8 Å². The van der Waals surface area contributed by atoms with Crippen LogP contribution in [0, 0.1) is 0 Å². The first kappa shape index (κ1) is 16.6. The SMILES string of the molecule is CCCCC(NCc1ccc(-c2ccccc2Cl)o1)C(=O)O. The third kappa shape index (κ3) is 4.36. The van der Waals surface area contributed by atoms with Gasteiger partial charge in [-0.1, -0.05) is 43.5 Å². The number of carbonyl (C=O) groups is 1. The van der Waals surface area contributed by atoms with Crippen molar-refractivity contribution >= 4 is 17.6 Å². The summed E-state index contributed by atoms with van der Waals surface area (Å²) in [6.45, 7) is 2.42. The highest BCUT2D eigenvalue weighted by molar-refractivity contribution is 6.33. The van der Waals surface area contributed by atoms with Crippen molar-refractivity contribution in [1.82, 2.24) is 5.32 Å². The molecule has 4 nitrogen and oxygen atoms in total. The van der Waals surface area contributed by atoms with Crippen LogP contribution in [0.3, 0.4) is 0 Å². The molecule has 2 aromatic rings. The summed E-state index contributed by atoms with van der Waals surface area (Å²) in [4.78, 5) is 11.2. The van der Waals surface area contributed by atoms with Gasteiger partial charge in [0.05, 0.1) is 11.6 Å². The molecule has 0 aliphatic rings. The van der Waals surface area contributed by atoms with E-state index in [-0.39, 0.29) is 0 Å². The van der Waals surface area contributed by atoms with Crippen molar-refractivity contribution in [2.75, 3.05) is 0 Å². The van der Waals surface area contributed by atoms with Crippen LogP contribution in [-0.2, 0) is 11.3 Å². The Morgan fingerprint density at radius 3 is 2.77 bits per heavy atom. The van der Waals surface area contributed by atoms with Gasteiger partial charge >= 0.3 is 5.97 Å². The summed E-state index contributed by atoms with van der Waals surface area (Å²) in [6.07, 6.45) is 2.47. The Hall–Kier alpha value is -1.78. The van der Waals surface area contributed by atoms with E-state index in [1.54, 1.807) is 0 Å². The van der Waals surface area contributed by atoms with Crippen LogP contribution >= 0.6 is 11.6 Å². The predicted octanol–water partition coefficient (Wildman–Crippen LogP) is 4.33. The minimum absolute atomic E-state index is 0.380. The van der Waals surface area contributed by atoms with Crippen LogP contribution < -0.4 is 5.32 Å². The van der Waals surface area contributed by atoms with Crippen LogP contribution in [0.1, 0.15) is 31.9 Å². The van der Waals surface area contributed by atoms with E-state index < -0.39 is 12.0 Å². The third-order valence-corrected chi connectivity index (χ3v) is 3.80. The maximum atomic E-state index is 11.2. The number of aliphatic carboxylic acids is 1. The molecule has 1 unspecified atom stereocenters. The molecule has 0 spiro atoms. The van der Waals surface area contributed by atoms with Crippen LogP contribution in [0.25, 0.3) is 11.3 Å². The number of hydrogen-bond donors (Lipinski definition) is 2. The number of carboxylic acids is 1. The van der Waals surface area contributed by atoms with E-state index in [9.17, 15) is 9.90 Å². The predicted molar refractivity (Wildman–Crippen MR) is 86.9 cm³/mol. The second-order valence-electron chi connectivity index (χ2n) is 5.16. The molecule has 0 fully saturated rings. The van der Waals surface area contributed by atoms with Gasteiger partial charge in [-0.2, -0.15) is 0 Å². The van der Waals surface area contributed by atoms with Gasteiger partial charge in [0, 0.05) is 5.56 Å². The zero-order valence-electron chi connectivity index (χ0n) is 12.5. The van der Waals surface area contributed by atoms with Gasteiger partial charge in [-0.15, -0.1) is 0 Å². The maximum Gasteiger partial charge on any atom is 0.320 e. The van der Waals surface area contributed by atoms with Crippen molar-refractivity contribution in [3.05, 3.63) is 47.2 Å². The Labute approximate surface area is 135 Å². The molecule has 0 aliphatic carbocycles. The highest BCUT2D eigenvalue weighted by Gasteiger charge is 2.16. The van der Waals surface area contributed by atoms with Gasteiger partial charge in [0.15, 0.2) is 0 Å². The van der Waals surface area contributed by atoms with Crippen LogP contribution in [0.15, 0.2) is 40.8 Å². The second kappa shape index (κ2) is 8.01. The molecule has 22 heavy (non-hydrogen) atoms. The molecule has 2 N–H and O–H groups in total. The lowest BCUT2D eigenvalue weighted by atomic mass is 10.1. The van der Waals surface area contributed by atoms with Gasteiger partial charge in [-0.3, -0.25) is 10.1 Å². The van der Waals surface area contributed by atoms with Crippen LogP contribution in [0.4, 0.5) is 0 Å². The molecule has 1 aromatic carbocycles. The first-order valence-electron chi connectivity index (χ1n) is 7.41. The van der Waals surface area contributed by atoms with Gasteiger partial charge in [-0.25, -0.2) is 0 Å². The molecule has 0 amide bonds. The standard InChI is InChI=1S/C17H20ClNO3/c1-2-3-8-15(17(20)21)19-11-12-9-10-16(22-12)13-6-4-5-7-14(13)18/h4-7,9-10,15,19H,2-3,8,11H2,1H3,(H,20,21). The molecular weight excluding hydrogens is 302 g/mol. The number of halogens is 1. The van der Waals surface area contributed by atoms with E-state index >= 15 is 0 Å². The van der Waals surface area contributed by atoms with Gasteiger partial charge in [0.1, 0.15) is 17.6 Å². The van der Waals surface area contributed by atoms with Gasteiger partial charge in [-0.05, 0) is 30.7 Å². The smallest absolute Gasteiger partial charge is 0.320 e. The topological polar surface area (TPSA) is 62.5 Å². The number of unbranched alkanes of at least 4 members (excludes halogenated alkanes) is 1. The number of furan rings is 1. The van der Waals surface area contributed by atoms with Gasteiger partial charge in [0.2, 0.25) is 0 Å². The van der Waals surface area contributed by atoms with E-state index in [0.29, 0.717) is 29.5 Å². The fourth-order valence-corrected chi connectivity index (χ4v) is 2.45. The summed E-state index contributed by atoms with van der Waals surface area (Å²) in [7, 11) is 0. The Kier molecular flexibility index (Phi) is 6.04. The summed E-state index contributed by atoms with van der Waals surface area (Å²) >= 11 is 6.14. The normalized spacial score (nSPS) is 12.3. The van der Waals surface area contributed by atoms with E-state index in [1.165, 1.54) is 0 Å². The Bertz CT molecular complexity index is 624. The Morgan fingerprint density at radius 2 is 2.09 bits per heavy atom. The number of rotatable bonds is 8. The third-order valence-electron chi connectivity index (χ3n) is 3.47. The first-order valence-corrected chi connectivity index (χ1v) is 7.79. The lowest BCUT2D eigenvalue weighted by Crippen LogP contribution is -2.36. The monoisotopic (exact) mass is 321 g/mol. The molecular formula is C17H20ClNO3. The lowest BCUT2D eigenvalue weighted by Gasteiger charge is -2.12. The van der Waals surface area contributed by atoms with E-state index in [4.69, 9.17) is 16.0 Å². The summed E-state index contributed by atoms with van der Waals surface area (Å²) in [6, 6.07) is 10.6. The minimum atomic E-state index is -0.827. The average Bonchev–Trinajstić information content (AvgIpc) is 2.96. The molecule has 1 aromatic heterocycles. The molecule has 5 heteroatoms. The van der Waals surface area contributed by atoms with Gasteiger partial charge < -0.3 is 9.52 Å². The molecule has 0 aliphatic heterocycles. The van der Waals surface area contributed by atoms with Crippen LogP contribution in [-0.4, -0.2) is 17.1 Å². The van der Waals surface area contributed by atoms with Crippen molar-refractivity contribution < 1.29 is 14.3 Å². The number of carboxylic acid groups (broad SMARTS) is 1. The summed E-state index contributed by atoms with van der Waals surface area (Å²) in [5, 5.41) is 12.8. The second-order valence-corrected chi connectivity index (χ2v) is 5.57. The maximum absolute atomic E-state index is 11.2. The Morgan fingerprint density at radius 1 is 1.32 bits per heavy atom. The zero-order chi connectivity index (χ0) is 15.9. The molecule has 2 rings (SSSR count). The van der Waals surface area contributed by atoms with E-state index in [1.807, 2.05) is 43.3 Å². The molecule has 0 radical (unpaired) electrons. The van der Waals surface area contributed by atoms with Crippen LogP contribution in [0.5, 0.6) is 0 Å². The summed E-state index contributed by atoms with van der Waals surface area (Å²) in [5.41, 5.74) is 0.830. The molecule has 1 atom stereocenters. The fourth-order valence-electron chi connectivity index (χ4n) is 2.22. The fraction of sp³-hybridized carbons (Fsp3) is 0.353. The summed E-state index contributed by atoms with van der Waals surface area (Å²) < 4.78 is 5.75. The average molecular weight is 322 g/mol. The van der Waals surface area contributed by atoms with Crippen molar-refractivity contribution in [3.8, 4) is 11.3 Å². The number of nitrogens with one attached hydrogen (secondary N) is 1. The van der Waals surface area contributed by atoms with Crippen molar-refractivity contribution in [2.24, 2.45) is 0 Å². The lowest BCUT2D eigenvalue weighted by molar-refractivity contribution is -0.139. The molecule has 0 saturated carbocycles. The minimum Gasteiger partial charge on any atom is -0.480 e. The largest absolute Gasteiger partial charge is 0.480 e. The van der Waals surface area contributed by atoms with Crippen molar-refractivity contribution in [3.63, 3.8) is 0 Å². The summed E-state index contributed by atoms with van der Waals surface area (Å²) in [5.74, 6) is 0.548. The number of hydrogen-bond acceptors (Lipinski definition) is 3. The van der Waals surface area contributed by atoms with E-state index in [2.05, 4.69) is 5.32 Å². The highest BCUT2D eigenvalue weighted by Crippen LogP contribution is 2.29. The molecule has 1 heterocycles. The van der Waals surface area contributed by atoms with Gasteiger partial charge in [0.25, 0.3) is 0 Å². The molecule has 0 saturated heterocycles. The van der Waals surface area contributed by atoms with Crippen molar-refractivity contribution in [1.29, 1.82) is 0 Å². The Balaban J connectivity index is 2.00. The quantitative estimate of drug-likeness (QED) is 0.759. The highest BCUT2D eigenvalue weighted by atomic mass is 35.5. The molecule has 0 bridgehead atoms. The zero-order valence-corrected chi connectivity index (χ0v) is 13.3. The first-order chi connectivity index (χ1) is 10.6.